The van der Waals surface area contributed by atoms with E-state index in [4.69, 9.17) is 0 Å². The van der Waals surface area contributed by atoms with E-state index in [2.05, 4.69) is 27.7 Å². The fourth-order valence-corrected chi connectivity index (χ4v) is 3.44. The molecular weight excluding hydrogens is 386 g/mol. The zero-order valence-corrected chi connectivity index (χ0v) is 17.5. The number of hydrogen-bond acceptors (Lipinski definition) is 3. The van der Waals surface area contributed by atoms with Crippen molar-refractivity contribution in [3.05, 3.63) is 60.2 Å². The molecular formula is C23H30ClN3O2. The van der Waals surface area contributed by atoms with E-state index in [-0.39, 0.29) is 24.2 Å². The summed E-state index contributed by atoms with van der Waals surface area (Å²) < 4.78 is 0. The van der Waals surface area contributed by atoms with E-state index < -0.39 is 0 Å². The lowest BCUT2D eigenvalue weighted by molar-refractivity contribution is -0.121. The van der Waals surface area contributed by atoms with Gasteiger partial charge in [0.05, 0.1) is 0 Å². The molecule has 0 unspecified atom stereocenters. The Bertz CT molecular complexity index is 759. The fourth-order valence-electron chi connectivity index (χ4n) is 3.44. The molecule has 2 aromatic rings. The average molecular weight is 416 g/mol. The Kier molecular flexibility index (Phi) is 9.51. The van der Waals surface area contributed by atoms with Gasteiger partial charge in [0.25, 0.3) is 0 Å². The van der Waals surface area contributed by atoms with Crippen LogP contribution in [-0.4, -0.2) is 31.4 Å². The van der Waals surface area contributed by atoms with Crippen molar-refractivity contribution in [1.29, 1.82) is 0 Å². The predicted octanol–water partition coefficient (Wildman–Crippen LogP) is 4.18. The highest BCUT2D eigenvalue weighted by molar-refractivity contribution is 5.91. The van der Waals surface area contributed by atoms with E-state index in [9.17, 15) is 9.59 Å². The van der Waals surface area contributed by atoms with Crippen LogP contribution < -0.4 is 15.5 Å². The Labute approximate surface area is 179 Å². The molecule has 0 radical (unpaired) electrons. The highest BCUT2D eigenvalue weighted by Gasteiger charge is 2.12. The highest BCUT2D eigenvalue weighted by atomic mass is 35.5. The molecule has 0 spiro atoms. The Morgan fingerprint density at radius 1 is 0.862 bits per heavy atom. The van der Waals surface area contributed by atoms with Crippen molar-refractivity contribution >= 4 is 35.6 Å². The number of benzene rings is 2. The van der Waals surface area contributed by atoms with Gasteiger partial charge in [-0.15, -0.1) is 12.4 Å². The van der Waals surface area contributed by atoms with E-state index in [1.807, 2.05) is 42.5 Å². The van der Waals surface area contributed by atoms with E-state index in [1.54, 1.807) is 0 Å². The van der Waals surface area contributed by atoms with Crippen LogP contribution in [0.4, 0.5) is 11.4 Å². The first-order valence-corrected chi connectivity index (χ1v) is 10.2. The summed E-state index contributed by atoms with van der Waals surface area (Å²) in [6.45, 7) is 2.84. The van der Waals surface area contributed by atoms with Crippen molar-refractivity contribution in [3.63, 3.8) is 0 Å². The van der Waals surface area contributed by atoms with Crippen LogP contribution >= 0.6 is 12.4 Å². The topological polar surface area (TPSA) is 61.4 Å². The Hall–Kier alpha value is -2.53. The van der Waals surface area contributed by atoms with E-state index in [0.717, 1.165) is 25.2 Å². The monoisotopic (exact) mass is 415 g/mol. The molecule has 2 N–H and O–H groups in total. The number of nitrogens with one attached hydrogen (secondary N) is 2. The maximum absolute atomic E-state index is 12.1. The van der Waals surface area contributed by atoms with Crippen molar-refractivity contribution in [1.82, 2.24) is 5.32 Å². The van der Waals surface area contributed by atoms with E-state index >= 15 is 0 Å². The average Bonchev–Trinajstić information content (AvgIpc) is 3.24. The summed E-state index contributed by atoms with van der Waals surface area (Å²) in [7, 11) is 0. The minimum absolute atomic E-state index is 0. The van der Waals surface area contributed by atoms with Gasteiger partial charge in [-0.05, 0) is 55.5 Å². The number of nitrogens with zero attached hydrogens (tertiary/aromatic N) is 1. The second-order valence-corrected chi connectivity index (χ2v) is 7.23. The second-order valence-electron chi connectivity index (χ2n) is 7.23. The number of anilines is 2. The molecule has 1 heterocycles. The molecule has 0 aliphatic carbocycles. The number of carbonyl (C=O) groups is 2. The first-order valence-electron chi connectivity index (χ1n) is 10.2. The summed E-state index contributed by atoms with van der Waals surface area (Å²) in [6.07, 6.45) is 4.59. The summed E-state index contributed by atoms with van der Waals surface area (Å²) >= 11 is 0. The Balaban J connectivity index is 0.00000300. The molecule has 1 aliphatic rings. The maximum Gasteiger partial charge on any atom is 0.224 e. The van der Waals surface area contributed by atoms with Crippen LogP contribution in [0.5, 0.6) is 0 Å². The standard InChI is InChI=1S/C23H29N3O2.ClH/c27-22(24-16-15-19-7-2-1-3-8-19)9-6-10-23(28)25-20-11-13-21(14-12-20)26-17-4-5-18-26;/h1-3,7-8,11-14H,4-6,9-10,15-18H2,(H,24,27)(H,25,28);1H. The quantitative estimate of drug-likeness (QED) is 0.645. The number of hydrogen-bond donors (Lipinski definition) is 2. The molecule has 3 rings (SSSR count). The first-order chi connectivity index (χ1) is 13.7. The zero-order valence-electron chi connectivity index (χ0n) is 16.7. The van der Waals surface area contributed by atoms with Crippen LogP contribution in [0.2, 0.25) is 0 Å². The smallest absolute Gasteiger partial charge is 0.224 e. The number of amides is 2. The molecule has 1 saturated heterocycles. The molecule has 1 aliphatic heterocycles. The van der Waals surface area contributed by atoms with Gasteiger partial charge in [0, 0.05) is 43.9 Å². The molecule has 5 nitrogen and oxygen atoms in total. The van der Waals surface area contributed by atoms with Gasteiger partial charge in [0.1, 0.15) is 0 Å². The molecule has 29 heavy (non-hydrogen) atoms. The van der Waals surface area contributed by atoms with Crippen molar-refractivity contribution in [2.24, 2.45) is 0 Å². The zero-order chi connectivity index (χ0) is 19.6. The van der Waals surface area contributed by atoms with Gasteiger partial charge in [0.15, 0.2) is 0 Å². The van der Waals surface area contributed by atoms with E-state index in [1.165, 1.54) is 24.1 Å². The van der Waals surface area contributed by atoms with Crippen LogP contribution in [0, 0.1) is 0 Å². The molecule has 0 aromatic heterocycles. The molecule has 0 saturated carbocycles. The molecule has 1 fully saturated rings. The van der Waals surface area contributed by atoms with Crippen molar-refractivity contribution in [2.45, 2.75) is 38.5 Å². The van der Waals surface area contributed by atoms with Gasteiger partial charge in [-0.2, -0.15) is 0 Å². The third kappa shape index (κ3) is 7.78. The van der Waals surface area contributed by atoms with Gasteiger partial charge < -0.3 is 15.5 Å². The minimum atomic E-state index is -0.0500. The lowest BCUT2D eigenvalue weighted by atomic mass is 10.1. The van der Waals surface area contributed by atoms with Crippen molar-refractivity contribution in [3.8, 4) is 0 Å². The van der Waals surface area contributed by atoms with Crippen molar-refractivity contribution in [2.75, 3.05) is 29.9 Å². The van der Waals surface area contributed by atoms with Crippen LogP contribution in [0.25, 0.3) is 0 Å². The third-order valence-electron chi connectivity index (χ3n) is 5.01. The largest absolute Gasteiger partial charge is 0.372 e. The lowest BCUT2D eigenvalue weighted by Gasteiger charge is -2.17. The second kappa shape index (κ2) is 12.1. The van der Waals surface area contributed by atoms with E-state index in [0.29, 0.717) is 25.8 Å². The predicted molar refractivity (Wildman–Crippen MR) is 121 cm³/mol. The molecule has 0 atom stereocenters. The third-order valence-corrected chi connectivity index (χ3v) is 5.01. The van der Waals surface area contributed by atoms with Gasteiger partial charge >= 0.3 is 0 Å². The van der Waals surface area contributed by atoms with Crippen LogP contribution in [0.3, 0.4) is 0 Å². The number of halogens is 1. The number of rotatable bonds is 9. The van der Waals surface area contributed by atoms with Gasteiger partial charge in [0.2, 0.25) is 11.8 Å². The van der Waals surface area contributed by atoms with Crippen LogP contribution in [0.15, 0.2) is 54.6 Å². The maximum atomic E-state index is 12.1. The molecule has 2 amide bonds. The molecule has 156 valence electrons. The van der Waals surface area contributed by atoms with Gasteiger partial charge in [-0.25, -0.2) is 0 Å². The summed E-state index contributed by atoms with van der Waals surface area (Å²) in [6, 6.07) is 18.1. The van der Waals surface area contributed by atoms with Gasteiger partial charge in [-0.3, -0.25) is 9.59 Å². The molecule has 6 heteroatoms. The molecule has 2 aromatic carbocycles. The fraction of sp³-hybridized carbons (Fsp3) is 0.391. The van der Waals surface area contributed by atoms with Crippen LogP contribution in [-0.2, 0) is 16.0 Å². The summed E-state index contributed by atoms with van der Waals surface area (Å²) in [5.74, 6) is -0.0512. The molecule has 0 bridgehead atoms. The minimum Gasteiger partial charge on any atom is -0.372 e. The van der Waals surface area contributed by atoms with Gasteiger partial charge in [-0.1, -0.05) is 30.3 Å². The van der Waals surface area contributed by atoms with Crippen molar-refractivity contribution < 1.29 is 9.59 Å². The number of carbonyl (C=O) groups excluding carboxylic acids is 2. The Morgan fingerprint density at radius 2 is 1.52 bits per heavy atom. The normalized spacial score (nSPS) is 12.9. The highest BCUT2D eigenvalue weighted by Crippen LogP contribution is 2.22. The summed E-state index contributed by atoms with van der Waals surface area (Å²) in [4.78, 5) is 26.3. The summed E-state index contributed by atoms with van der Waals surface area (Å²) in [5.41, 5.74) is 3.22. The SMILES string of the molecule is Cl.O=C(CCCC(=O)Nc1ccc(N2CCCC2)cc1)NCCc1ccccc1. The Morgan fingerprint density at radius 3 is 2.21 bits per heavy atom. The lowest BCUT2D eigenvalue weighted by Crippen LogP contribution is -2.25. The first kappa shape index (κ1) is 22.8. The van der Waals surface area contributed by atoms with Crippen LogP contribution in [0.1, 0.15) is 37.7 Å². The summed E-state index contributed by atoms with van der Waals surface area (Å²) in [5, 5.41) is 5.82.